The first-order chi connectivity index (χ1) is 16.9. The molecule has 2 unspecified atom stereocenters. The van der Waals surface area contributed by atoms with E-state index in [1.807, 2.05) is 38.1 Å². The number of nitrogens with zero attached hydrogens (tertiary/aromatic N) is 1. The largest absolute Gasteiger partial charge is 0.480 e. The molecule has 0 radical (unpaired) electrons. The van der Waals surface area contributed by atoms with Crippen molar-refractivity contribution in [2.75, 3.05) is 12.4 Å². The van der Waals surface area contributed by atoms with Crippen LogP contribution < -0.4 is 5.32 Å². The maximum Gasteiger partial charge on any atom is 0.407 e. The van der Waals surface area contributed by atoms with Gasteiger partial charge in [0.25, 0.3) is 0 Å². The first-order valence-electron chi connectivity index (χ1n) is 12.1. The summed E-state index contributed by atoms with van der Waals surface area (Å²) in [6.45, 7) is 3.84. The smallest absolute Gasteiger partial charge is 0.407 e. The van der Waals surface area contributed by atoms with Crippen molar-refractivity contribution in [2.45, 2.75) is 50.1 Å². The van der Waals surface area contributed by atoms with Crippen LogP contribution in [0.4, 0.5) is 4.79 Å². The van der Waals surface area contributed by atoms with Crippen LogP contribution in [0.1, 0.15) is 43.7 Å². The van der Waals surface area contributed by atoms with Gasteiger partial charge in [-0.05, 0) is 46.9 Å². The highest BCUT2D eigenvalue weighted by Crippen LogP contribution is 2.46. The standard InChI is InChI=1S/C27H30N2O5S/c1-15(2)23(24(30)29-22(26(31)32)14-35-25(29)16-11-12-16)28-27(33)34-13-21-19-9-5-3-7-17(19)18-8-4-6-10-20(18)21/h3-10,15-16,21-23,25H,11-14H2,1-2H3,(H,28,33)(H,31,32)/t22?,23-,25?/m0/s1. The number of aliphatic carboxylic acids is 1. The fourth-order valence-corrected chi connectivity index (χ4v) is 6.82. The molecule has 2 amide bonds. The van der Waals surface area contributed by atoms with Crippen LogP contribution in [0.15, 0.2) is 48.5 Å². The van der Waals surface area contributed by atoms with Gasteiger partial charge in [0.2, 0.25) is 5.91 Å². The van der Waals surface area contributed by atoms with Crippen LogP contribution in [0.3, 0.4) is 0 Å². The zero-order valence-electron chi connectivity index (χ0n) is 19.8. The van der Waals surface area contributed by atoms with Crippen molar-refractivity contribution in [1.29, 1.82) is 0 Å². The summed E-state index contributed by atoms with van der Waals surface area (Å²) >= 11 is 1.53. The van der Waals surface area contributed by atoms with Crippen molar-refractivity contribution < 1.29 is 24.2 Å². The molecule has 5 rings (SSSR count). The van der Waals surface area contributed by atoms with E-state index in [1.165, 1.54) is 16.7 Å². The second-order valence-corrected chi connectivity index (χ2v) is 11.0. The normalized spacial score (nSPS) is 22.0. The van der Waals surface area contributed by atoms with E-state index in [2.05, 4.69) is 29.6 Å². The van der Waals surface area contributed by atoms with Crippen molar-refractivity contribution in [1.82, 2.24) is 10.2 Å². The van der Waals surface area contributed by atoms with Gasteiger partial charge in [0.1, 0.15) is 18.7 Å². The first-order valence-corrected chi connectivity index (χ1v) is 13.2. The van der Waals surface area contributed by atoms with E-state index in [9.17, 15) is 19.5 Å². The molecule has 0 bridgehead atoms. The van der Waals surface area contributed by atoms with E-state index in [4.69, 9.17) is 4.74 Å². The molecule has 1 saturated carbocycles. The number of nitrogens with one attached hydrogen (secondary N) is 1. The predicted octanol–water partition coefficient (Wildman–Crippen LogP) is 4.31. The molecule has 0 aromatic heterocycles. The highest BCUT2D eigenvalue weighted by atomic mass is 32.2. The number of carboxylic acids is 1. The lowest BCUT2D eigenvalue weighted by molar-refractivity contribution is -0.150. The second-order valence-electron chi connectivity index (χ2n) is 9.85. The quantitative estimate of drug-likeness (QED) is 0.595. The summed E-state index contributed by atoms with van der Waals surface area (Å²) in [5, 5.41) is 12.3. The van der Waals surface area contributed by atoms with E-state index in [0.717, 1.165) is 35.1 Å². The van der Waals surface area contributed by atoms with Crippen molar-refractivity contribution in [3.8, 4) is 11.1 Å². The summed E-state index contributed by atoms with van der Waals surface area (Å²) in [4.78, 5) is 39.8. The average molecular weight is 495 g/mol. The van der Waals surface area contributed by atoms with Crippen LogP contribution in [0.25, 0.3) is 11.1 Å². The second kappa shape index (κ2) is 9.57. The van der Waals surface area contributed by atoms with Crippen molar-refractivity contribution >= 4 is 29.7 Å². The average Bonchev–Trinajstić information content (AvgIpc) is 3.51. The fourth-order valence-electron chi connectivity index (χ4n) is 5.18. The highest BCUT2D eigenvalue weighted by molar-refractivity contribution is 8.00. The molecule has 1 heterocycles. The Morgan fingerprint density at radius 3 is 2.20 bits per heavy atom. The van der Waals surface area contributed by atoms with Crippen LogP contribution in [0.5, 0.6) is 0 Å². The topological polar surface area (TPSA) is 95.9 Å². The molecule has 1 saturated heterocycles. The number of carbonyl (C=O) groups is 3. The third-order valence-electron chi connectivity index (χ3n) is 7.15. The van der Waals surface area contributed by atoms with Gasteiger partial charge in [-0.15, -0.1) is 11.8 Å². The van der Waals surface area contributed by atoms with Crippen LogP contribution in [-0.4, -0.2) is 57.8 Å². The van der Waals surface area contributed by atoms with E-state index >= 15 is 0 Å². The Kier molecular flexibility index (Phi) is 6.49. The van der Waals surface area contributed by atoms with E-state index in [1.54, 1.807) is 0 Å². The van der Waals surface area contributed by atoms with Gasteiger partial charge in [-0.25, -0.2) is 9.59 Å². The SMILES string of the molecule is CC(C)[C@H](NC(=O)OCC1c2ccccc2-c2ccccc21)C(=O)N1C(C(=O)O)CSC1C1CC1. The molecule has 2 aromatic carbocycles. The molecule has 2 aliphatic carbocycles. The summed E-state index contributed by atoms with van der Waals surface area (Å²) < 4.78 is 5.65. The van der Waals surface area contributed by atoms with Crippen molar-refractivity contribution in [2.24, 2.45) is 11.8 Å². The molecule has 2 aromatic rings. The number of benzene rings is 2. The number of alkyl carbamates (subject to hydrolysis) is 1. The van der Waals surface area contributed by atoms with Gasteiger partial charge >= 0.3 is 12.1 Å². The molecule has 35 heavy (non-hydrogen) atoms. The van der Waals surface area contributed by atoms with Crippen molar-refractivity contribution in [3.05, 3.63) is 59.7 Å². The van der Waals surface area contributed by atoms with Crippen LogP contribution in [0, 0.1) is 11.8 Å². The number of hydrogen-bond donors (Lipinski definition) is 2. The van der Waals surface area contributed by atoms with Gasteiger partial charge in [-0.1, -0.05) is 62.4 Å². The van der Waals surface area contributed by atoms with E-state index in [0.29, 0.717) is 11.7 Å². The maximum atomic E-state index is 13.5. The summed E-state index contributed by atoms with van der Waals surface area (Å²) in [5.74, 6) is -0.941. The Hall–Kier alpha value is -3.00. The molecule has 2 N–H and O–H groups in total. The number of fused-ring (bicyclic) bond motifs is 3. The predicted molar refractivity (Wildman–Crippen MR) is 134 cm³/mol. The number of amides is 2. The summed E-state index contributed by atoms with van der Waals surface area (Å²) in [7, 11) is 0. The lowest BCUT2D eigenvalue weighted by Gasteiger charge is -2.32. The Bertz CT molecular complexity index is 1100. The zero-order chi connectivity index (χ0) is 24.7. The van der Waals surface area contributed by atoms with Gasteiger partial charge in [0.05, 0.1) is 5.37 Å². The van der Waals surface area contributed by atoms with Gasteiger partial charge in [0.15, 0.2) is 0 Å². The molecule has 7 nitrogen and oxygen atoms in total. The number of rotatable bonds is 7. The summed E-state index contributed by atoms with van der Waals surface area (Å²) in [6, 6.07) is 14.5. The van der Waals surface area contributed by atoms with E-state index < -0.39 is 24.1 Å². The molecule has 1 aliphatic heterocycles. The molecule has 2 fully saturated rings. The Morgan fingerprint density at radius 1 is 1.06 bits per heavy atom. The zero-order valence-corrected chi connectivity index (χ0v) is 20.7. The van der Waals surface area contributed by atoms with Crippen molar-refractivity contribution in [3.63, 3.8) is 0 Å². The molecule has 3 aliphatic rings. The third kappa shape index (κ3) is 4.51. The number of ether oxygens (including phenoxy) is 1. The van der Waals surface area contributed by atoms with E-state index in [-0.39, 0.29) is 29.7 Å². The highest BCUT2D eigenvalue weighted by Gasteiger charge is 2.50. The monoisotopic (exact) mass is 494 g/mol. The number of carbonyl (C=O) groups excluding carboxylic acids is 2. The molecule has 3 atom stereocenters. The lowest BCUT2D eigenvalue weighted by Crippen LogP contribution is -2.56. The van der Waals surface area contributed by atoms with Crippen LogP contribution >= 0.6 is 11.8 Å². The Morgan fingerprint density at radius 2 is 1.66 bits per heavy atom. The minimum atomic E-state index is -1.00. The third-order valence-corrected chi connectivity index (χ3v) is 8.61. The fraction of sp³-hybridized carbons (Fsp3) is 0.444. The number of hydrogen-bond acceptors (Lipinski definition) is 5. The Labute approximate surface area is 209 Å². The van der Waals surface area contributed by atoms with Gasteiger partial charge in [-0.3, -0.25) is 4.79 Å². The maximum absolute atomic E-state index is 13.5. The minimum absolute atomic E-state index is 0.0769. The minimum Gasteiger partial charge on any atom is -0.480 e. The number of carboxylic acid groups (broad SMARTS) is 1. The summed E-state index contributed by atoms with van der Waals surface area (Å²) in [6.07, 6.45) is 1.33. The molecule has 0 spiro atoms. The van der Waals surface area contributed by atoms with Gasteiger partial charge < -0.3 is 20.1 Å². The Balaban J connectivity index is 1.28. The molecule has 184 valence electrons. The number of thioether (sulfide) groups is 1. The van der Waals surface area contributed by atoms with Gasteiger partial charge in [-0.2, -0.15) is 0 Å². The molecular formula is C27H30N2O5S. The van der Waals surface area contributed by atoms with Gasteiger partial charge in [0, 0.05) is 11.7 Å². The molecular weight excluding hydrogens is 464 g/mol. The summed E-state index contributed by atoms with van der Waals surface area (Å²) in [5.41, 5.74) is 4.52. The first kappa shape index (κ1) is 23.7. The van der Waals surface area contributed by atoms with Crippen LogP contribution in [0.2, 0.25) is 0 Å². The molecule has 8 heteroatoms. The lowest BCUT2D eigenvalue weighted by atomic mass is 9.98. The van der Waals surface area contributed by atoms with Crippen LogP contribution in [-0.2, 0) is 14.3 Å².